The highest BCUT2D eigenvalue weighted by atomic mass is 35.5. The van der Waals surface area contributed by atoms with Gasteiger partial charge in [-0.15, -0.1) is 24.2 Å². The minimum atomic E-state index is -0.431. The van der Waals surface area contributed by atoms with Gasteiger partial charge >= 0.3 is 0 Å². The van der Waals surface area contributed by atoms with E-state index in [9.17, 15) is 9.59 Å². The van der Waals surface area contributed by atoms with E-state index in [0.717, 1.165) is 6.42 Å². The average molecular weight is 310 g/mol. The van der Waals surface area contributed by atoms with Crippen molar-refractivity contribution in [2.75, 3.05) is 18.2 Å². The van der Waals surface area contributed by atoms with Crippen molar-refractivity contribution in [2.45, 2.75) is 45.2 Å². The quantitative estimate of drug-likeness (QED) is 0.793. The van der Waals surface area contributed by atoms with Crippen LogP contribution in [0.25, 0.3) is 0 Å². The molecule has 112 valence electrons. The lowest BCUT2D eigenvalue weighted by atomic mass is 10.1. The van der Waals surface area contributed by atoms with Crippen LogP contribution in [0.4, 0.5) is 0 Å². The summed E-state index contributed by atoms with van der Waals surface area (Å²) in [4.78, 5) is 25.6. The van der Waals surface area contributed by atoms with Gasteiger partial charge in [-0.1, -0.05) is 6.92 Å². The molecule has 1 atom stereocenters. The van der Waals surface area contributed by atoms with Crippen molar-refractivity contribution in [1.29, 1.82) is 0 Å². The van der Waals surface area contributed by atoms with Crippen molar-refractivity contribution < 1.29 is 9.59 Å². The van der Waals surface area contributed by atoms with Crippen molar-refractivity contribution >= 4 is 36.0 Å². The first-order valence-electron chi connectivity index (χ1n) is 6.29. The SMILES string of the molecule is CCCC(=O)N1CSCC1C(=O)NCC(C)(C)N.Cl. The minimum absolute atomic E-state index is 0. The first-order chi connectivity index (χ1) is 8.35. The number of thioether (sulfide) groups is 1. The largest absolute Gasteiger partial charge is 0.352 e. The Labute approximate surface area is 125 Å². The summed E-state index contributed by atoms with van der Waals surface area (Å²) in [6.45, 7) is 6.10. The summed E-state index contributed by atoms with van der Waals surface area (Å²) in [5, 5.41) is 2.82. The zero-order valence-corrected chi connectivity index (χ0v) is 13.4. The highest BCUT2D eigenvalue weighted by Gasteiger charge is 2.34. The van der Waals surface area contributed by atoms with Gasteiger partial charge in [0.25, 0.3) is 0 Å². The third kappa shape index (κ3) is 6.01. The molecule has 19 heavy (non-hydrogen) atoms. The van der Waals surface area contributed by atoms with Crippen molar-refractivity contribution in [3.63, 3.8) is 0 Å². The van der Waals surface area contributed by atoms with E-state index >= 15 is 0 Å². The van der Waals surface area contributed by atoms with E-state index in [-0.39, 0.29) is 30.3 Å². The number of hydrogen-bond donors (Lipinski definition) is 2. The van der Waals surface area contributed by atoms with Gasteiger partial charge in [-0.25, -0.2) is 0 Å². The van der Waals surface area contributed by atoms with E-state index in [1.807, 2.05) is 20.8 Å². The molecule has 1 fully saturated rings. The van der Waals surface area contributed by atoms with E-state index in [4.69, 9.17) is 5.73 Å². The zero-order chi connectivity index (χ0) is 13.8. The van der Waals surface area contributed by atoms with Crippen LogP contribution in [0, 0.1) is 0 Å². The summed E-state index contributed by atoms with van der Waals surface area (Å²) in [5.74, 6) is 1.26. The van der Waals surface area contributed by atoms with Crippen LogP contribution in [-0.2, 0) is 9.59 Å². The smallest absolute Gasteiger partial charge is 0.243 e. The maximum absolute atomic E-state index is 12.0. The van der Waals surface area contributed by atoms with Gasteiger partial charge in [-0.3, -0.25) is 9.59 Å². The van der Waals surface area contributed by atoms with Gasteiger partial charge in [0.1, 0.15) is 6.04 Å². The highest BCUT2D eigenvalue weighted by Crippen LogP contribution is 2.22. The van der Waals surface area contributed by atoms with Gasteiger partial charge in [-0.2, -0.15) is 0 Å². The van der Waals surface area contributed by atoms with Gasteiger partial charge < -0.3 is 16.0 Å². The fourth-order valence-corrected chi connectivity index (χ4v) is 2.88. The second-order valence-corrected chi connectivity index (χ2v) is 6.34. The van der Waals surface area contributed by atoms with Gasteiger partial charge in [-0.05, 0) is 20.3 Å². The van der Waals surface area contributed by atoms with E-state index in [2.05, 4.69) is 5.32 Å². The number of nitrogens with one attached hydrogen (secondary N) is 1. The number of amides is 2. The van der Waals surface area contributed by atoms with Crippen LogP contribution in [0.3, 0.4) is 0 Å². The molecule has 0 spiro atoms. The Morgan fingerprint density at radius 1 is 1.47 bits per heavy atom. The normalized spacial score (nSPS) is 18.9. The first kappa shape index (κ1) is 18.5. The molecule has 1 aliphatic heterocycles. The van der Waals surface area contributed by atoms with E-state index in [0.29, 0.717) is 24.6 Å². The number of hydrogen-bond acceptors (Lipinski definition) is 4. The van der Waals surface area contributed by atoms with Crippen molar-refractivity contribution in [2.24, 2.45) is 5.73 Å². The van der Waals surface area contributed by atoms with Gasteiger partial charge in [0.15, 0.2) is 0 Å². The van der Waals surface area contributed by atoms with E-state index in [1.165, 1.54) is 0 Å². The van der Waals surface area contributed by atoms with Crippen LogP contribution in [-0.4, -0.2) is 46.5 Å². The second kappa shape index (κ2) is 7.97. The van der Waals surface area contributed by atoms with Crippen molar-refractivity contribution in [3.8, 4) is 0 Å². The Morgan fingerprint density at radius 3 is 2.63 bits per heavy atom. The Kier molecular flexibility index (Phi) is 7.78. The average Bonchev–Trinajstić information content (AvgIpc) is 2.74. The Morgan fingerprint density at radius 2 is 2.11 bits per heavy atom. The summed E-state index contributed by atoms with van der Waals surface area (Å²) in [6.07, 6.45) is 1.32. The molecule has 0 aliphatic carbocycles. The molecule has 1 unspecified atom stereocenters. The van der Waals surface area contributed by atoms with E-state index < -0.39 is 5.54 Å². The van der Waals surface area contributed by atoms with Crippen molar-refractivity contribution in [3.05, 3.63) is 0 Å². The van der Waals surface area contributed by atoms with Crippen LogP contribution in [0.1, 0.15) is 33.6 Å². The molecule has 3 N–H and O–H groups in total. The number of carbonyl (C=O) groups is 2. The molecule has 0 radical (unpaired) electrons. The van der Waals surface area contributed by atoms with Crippen LogP contribution < -0.4 is 11.1 Å². The fraction of sp³-hybridized carbons (Fsp3) is 0.833. The molecule has 0 saturated carbocycles. The third-order valence-electron chi connectivity index (χ3n) is 2.69. The summed E-state index contributed by atoms with van der Waals surface area (Å²) in [7, 11) is 0. The summed E-state index contributed by atoms with van der Waals surface area (Å²) in [6, 6.07) is -0.337. The number of halogens is 1. The molecule has 0 bridgehead atoms. The fourth-order valence-electron chi connectivity index (χ4n) is 1.70. The second-order valence-electron chi connectivity index (χ2n) is 5.34. The maximum Gasteiger partial charge on any atom is 0.243 e. The first-order valence-corrected chi connectivity index (χ1v) is 7.44. The molecule has 0 aromatic carbocycles. The van der Waals surface area contributed by atoms with Crippen LogP contribution in [0.2, 0.25) is 0 Å². The van der Waals surface area contributed by atoms with Gasteiger partial charge in [0.2, 0.25) is 11.8 Å². The summed E-state index contributed by atoms with van der Waals surface area (Å²) >= 11 is 1.62. The Balaban J connectivity index is 0.00000324. The number of nitrogens with two attached hydrogens (primary N) is 1. The lowest BCUT2D eigenvalue weighted by Gasteiger charge is -2.25. The molecule has 0 aromatic rings. The van der Waals surface area contributed by atoms with E-state index in [1.54, 1.807) is 16.7 Å². The predicted octanol–water partition coefficient (Wildman–Crippen LogP) is 0.963. The molecule has 0 aromatic heterocycles. The summed E-state index contributed by atoms with van der Waals surface area (Å²) < 4.78 is 0. The van der Waals surface area contributed by atoms with Gasteiger partial charge in [0, 0.05) is 24.3 Å². The molecule has 7 heteroatoms. The molecule has 2 amide bonds. The zero-order valence-electron chi connectivity index (χ0n) is 11.8. The van der Waals surface area contributed by atoms with Gasteiger partial charge in [0.05, 0.1) is 5.88 Å². The number of nitrogens with zero attached hydrogens (tertiary/aromatic N) is 1. The molecule has 1 saturated heterocycles. The lowest BCUT2D eigenvalue weighted by molar-refractivity contribution is -0.138. The predicted molar refractivity (Wildman–Crippen MR) is 81.4 cm³/mol. The molecular weight excluding hydrogens is 286 g/mol. The van der Waals surface area contributed by atoms with Crippen LogP contribution >= 0.6 is 24.2 Å². The molecule has 1 heterocycles. The molecule has 5 nitrogen and oxygen atoms in total. The van der Waals surface area contributed by atoms with Crippen molar-refractivity contribution in [1.82, 2.24) is 10.2 Å². The van der Waals surface area contributed by atoms with Crippen LogP contribution in [0.15, 0.2) is 0 Å². The molecule has 1 rings (SSSR count). The summed E-state index contributed by atoms with van der Waals surface area (Å²) in [5.41, 5.74) is 5.39. The van der Waals surface area contributed by atoms with Crippen LogP contribution in [0.5, 0.6) is 0 Å². The topological polar surface area (TPSA) is 75.4 Å². The number of carbonyl (C=O) groups excluding carboxylic acids is 2. The minimum Gasteiger partial charge on any atom is -0.352 e. The standard InChI is InChI=1S/C12H23N3O2S.ClH/c1-4-5-10(16)15-8-18-6-9(15)11(17)14-7-12(2,3)13;/h9H,4-8,13H2,1-3H3,(H,14,17);1H. The highest BCUT2D eigenvalue weighted by molar-refractivity contribution is 7.99. The number of rotatable bonds is 5. The molecular formula is C12H24ClN3O2S. The Bertz CT molecular complexity index is 321. The molecule has 1 aliphatic rings. The maximum atomic E-state index is 12.0. The lowest BCUT2D eigenvalue weighted by Crippen LogP contribution is -2.52. The third-order valence-corrected chi connectivity index (χ3v) is 3.70. The monoisotopic (exact) mass is 309 g/mol. The Hall–Kier alpha value is -0.460.